The van der Waals surface area contributed by atoms with Crippen molar-refractivity contribution in [2.24, 2.45) is 4.99 Å². The van der Waals surface area contributed by atoms with Crippen LogP contribution in [0.4, 0.5) is 13.2 Å². The largest absolute Gasteiger partial charge is 0.401 e. The molecule has 0 saturated heterocycles. The first-order valence-electron chi connectivity index (χ1n) is 8.92. The lowest BCUT2D eigenvalue weighted by Crippen LogP contribution is -2.44. The van der Waals surface area contributed by atoms with Crippen LogP contribution < -0.4 is 5.32 Å². The number of nitrogens with one attached hydrogen (secondary N) is 1. The highest BCUT2D eigenvalue weighted by Crippen LogP contribution is 2.22. The zero-order valence-corrected chi connectivity index (χ0v) is 18.1. The zero-order chi connectivity index (χ0) is 19.0. The number of hydrogen-bond donors (Lipinski definition) is 1. The Bertz CT molecular complexity index is 617. The van der Waals surface area contributed by atoms with Gasteiger partial charge in [0, 0.05) is 26.2 Å². The van der Waals surface area contributed by atoms with Gasteiger partial charge in [0.05, 0.1) is 13.1 Å². The van der Waals surface area contributed by atoms with Crippen molar-refractivity contribution in [3.63, 3.8) is 0 Å². The van der Waals surface area contributed by atoms with E-state index in [2.05, 4.69) is 33.4 Å². The quantitative estimate of drug-likeness (QED) is 0.369. The molecule has 1 N–H and O–H groups in total. The molecular weight excluding hydrogens is 468 g/mol. The predicted molar refractivity (Wildman–Crippen MR) is 116 cm³/mol. The van der Waals surface area contributed by atoms with Crippen molar-refractivity contribution in [3.05, 3.63) is 42.0 Å². The Hall–Kier alpha value is -1.29. The molecule has 8 heteroatoms. The second-order valence-corrected chi connectivity index (χ2v) is 6.38. The van der Waals surface area contributed by atoms with Gasteiger partial charge in [0.1, 0.15) is 0 Å². The van der Waals surface area contributed by atoms with Gasteiger partial charge in [0.15, 0.2) is 5.96 Å². The molecule has 0 aromatic heterocycles. The first-order chi connectivity index (χ1) is 12.4. The van der Waals surface area contributed by atoms with Crippen molar-refractivity contribution in [1.29, 1.82) is 0 Å². The van der Waals surface area contributed by atoms with E-state index in [9.17, 15) is 13.2 Å². The van der Waals surface area contributed by atoms with Gasteiger partial charge in [-0.2, -0.15) is 13.2 Å². The molecule has 0 aliphatic carbocycles. The number of likely N-dealkylation sites (N-methyl/N-ethyl adjacent to an activating group) is 1. The topological polar surface area (TPSA) is 30.9 Å². The Morgan fingerprint density at radius 3 is 2.52 bits per heavy atom. The fourth-order valence-corrected chi connectivity index (χ4v) is 2.91. The second-order valence-electron chi connectivity index (χ2n) is 6.38. The number of alkyl halides is 3. The number of rotatable bonds is 6. The SMILES string of the molecule is CCNC(=NCCN(C)CC(F)(F)F)N1CC=C(c2ccccc2)CC1.I. The summed E-state index contributed by atoms with van der Waals surface area (Å²) in [5.74, 6) is 0.760. The van der Waals surface area contributed by atoms with Crippen molar-refractivity contribution in [2.45, 2.75) is 19.5 Å². The zero-order valence-electron chi connectivity index (χ0n) is 15.8. The van der Waals surface area contributed by atoms with Gasteiger partial charge in [0.25, 0.3) is 0 Å². The van der Waals surface area contributed by atoms with E-state index in [1.807, 2.05) is 25.1 Å². The summed E-state index contributed by atoms with van der Waals surface area (Å²) in [6.45, 7) is 3.99. The van der Waals surface area contributed by atoms with Crippen molar-refractivity contribution < 1.29 is 13.2 Å². The first kappa shape index (κ1) is 23.7. The molecule has 0 amide bonds. The van der Waals surface area contributed by atoms with Crippen molar-refractivity contribution >= 4 is 35.5 Å². The predicted octanol–water partition coefficient (Wildman–Crippen LogP) is 3.85. The number of hydrogen-bond acceptors (Lipinski definition) is 2. The van der Waals surface area contributed by atoms with Gasteiger partial charge in [-0.25, -0.2) is 0 Å². The molecule has 4 nitrogen and oxygen atoms in total. The van der Waals surface area contributed by atoms with Gasteiger partial charge in [-0.05, 0) is 31.5 Å². The molecule has 2 rings (SSSR count). The van der Waals surface area contributed by atoms with Crippen LogP contribution in [0.15, 0.2) is 41.4 Å². The van der Waals surface area contributed by atoms with Crippen LogP contribution in [0, 0.1) is 0 Å². The Kier molecular flexibility index (Phi) is 10.1. The summed E-state index contributed by atoms with van der Waals surface area (Å²) in [6, 6.07) is 10.3. The lowest BCUT2D eigenvalue weighted by molar-refractivity contribution is -0.142. The van der Waals surface area contributed by atoms with E-state index in [0.717, 1.165) is 32.0 Å². The minimum absolute atomic E-state index is 0. The normalized spacial score (nSPS) is 15.4. The minimum Gasteiger partial charge on any atom is -0.357 e. The third kappa shape index (κ3) is 8.50. The fraction of sp³-hybridized carbons (Fsp3) is 0.526. The van der Waals surface area contributed by atoms with Gasteiger partial charge in [-0.15, -0.1) is 24.0 Å². The molecule has 1 aromatic rings. The summed E-state index contributed by atoms with van der Waals surface area (Å²) >= 11 is 0. The number of benzene rings is 1. The number of aliphatic imine (C=N–C) groups is 1. The van der Waals surface area contributed by atoms with Gasteiger partial charge in [-0.1, -0.05) is 36.4 Å². The van der Waals surface area contributed by atoms with Crippen LogP contribution in [0.5, 0.6) is 0 Å². The molecule has 1 aliphatic rings. The molecule has 152 valence electrons. The molecule has 1 heterocycles. The van der Waals surface area contributed by atoms with Crippen LogP contribution in [0.25, 0.3) is 5.57 Å². The Morgan fingerprint density at radius 2 is 1.96 bits per heavy atom. The van der Waals surface area contributed by atoms with Crippen molar-refractivity contribution in [3.8, 4) is 0 Å². The van der Waals surface area contributed by atoms with Gasteiger partial charge in [0.2, 0.25) is 0 Å². The number of halogens is 4. The van der Waals surface area contributed by atoms with E-state index < -0.39 is 12.7 Å². The van der Waals surface area contributed by atoms with Crippen LogP contribution >= 0.6 is 24.0 Å². The summed E-state index contributed by atoms with van der Waals surface area (Å²) in [5, 5.41) is 3.23. The molecule has 0 atom stereocenters. The molecule has 0 unspecified atom stereocenters. The summed E-state index contributed by atoms with van der Waals surface area (Å²) in [7, 11) is 1.46. The Morgan fingerprint density at radius 1 is 1.26 bits per heavy atom. The van der Waals surface area contributed by atoms with E-state index in [4.69, 9.17) is 0 Å². The van der Waals surface area contributed by atoms with E-state index in [1.54, 1.807) is 0 Å². The van der Waals surface area contributed by atoms with Crippen molar-refractivity contribution in [1.82, 2.24) is 15.1 Å². The summed E-state index contributed by atoms with van der Waals surface area (Å²) in [4.78, 5) is 7.88. The van der Waals surface area contributed by atoms with Crippen LogP contribution in [0.1, 0.15) is 18.9 Å². The standard InChI is InChI=1S/C19H27F3N4.HI/c1-3-23-18(24-11-14-25(2)15-19(20,21)22)26-12-9-17(10-13-26)16-7-5-4-6-8-16;/h4-9H,3,10-15H2,1-2H3,(H,23,24);1H. The van der Waals surface area contributed by atoms with Crippen molar-refractivity contribution in [2.75, 3.05) is 46.3 Å². The maximum Gasteiger partial charge on any atom is 0.401 e. The Labute approximate surface area is 176 Å². The average molecular weight is 496 g/mol. The molecule has 27 heavy (non-hydrogen) atoms. The van der Waals surface area contributed by atoms with Crippen LogP contribution in [0.3, 0.4) is 0 Å². The molecule has 0 bridgehead atoms. The molecule has 0 fully saturated rings. The smallest absolute Gasteiger partial charge is 0.357 e. The van der Waals surface area contributed by atoms with Crippen LogP contribution in [0.2, 0.25) is 0 Å². The maximum atomic E-state index is 12.4. The lowest BCUT2D eigenvalue weighted by Gasteiger charge is -2.30. The molecule has 1 aromatic carbocycles. The molecule has 0 radical (unpaired) electrons. The number of guanidine groups is 1. The van der Waals surface area contributed by atoms with E-state index in [-0.39, 0.29) is 30.5 Å². The molecule has 0 spiro atoms. The fourth-order valence-electron chi connectivity index (χ4n) is 2.91. The van der Waals surface area contributed by atoms with Gasteiger partial charge >= 0.3 is 6.18 Å². The van der Waals surface area contributed by atoms with Gasteiger partial charge in [-0.3, -0.25) is 9.89 Å². The van der Waals surface area contributed by atoms with Gasteiger partial charge < -0.3 is 10.2 Å². The summed E-state index contributed by atoms with van der Waals surface area (Å²) in [6.07, 6.45) is -1.06. The van der Waals surface area contributed by atoms with Crippen LogP contribution in [-0.2, 0) is 0 Å². The molecule has 1 aliphatic heterocycles. The molecular formula is C19H28F3IN4. The highest BCUT2D eigenvalue weighted by Gasteiger charge is 2.28. The summed E-state index contributed by atoms with van der Waals surface area (Å²) in [5.41, 5.74) is 2.56. The highest BCUT2D eigenvalue weighted by atomic mass is 127. The Balaban J connectivity index is 0.00000364. The van der Waals surface area contributed by atoms with E-state index >= 15 is 0 Å². The average Bonchev–Trinajstić information content (AvgIpc) is 2.60. The summed E-state index contributed by atoms with van der Waals surface area (Å²) < 4.78 is 37.1. The lowest BCUT2D eigenvalue weighted by atomic mass is 10.00. The number of nitrogens with zero attached hydrogens (tertiary/aromatic N) is 3. The van der Waals surface area contributed by atoms with E-state index in [1.165, 1.54) is 23.1 Å². The molecule has 0 saturated carbocycles. The monoisotopic (exact) mass is 496 g/mol. The first-order valence-corrected chi connectivity index (χ1v) is 8.92. The minimum atomic E-state index is -4.17. The van der Waals surface area contributed by atoms with Crippen LogP contribution in [-0.4, -0.2) is 68.3 Å². The highest BCUT2D eigenvalue weighted by molar-refractivity contribution is 14.0. The van der Waals surface area contributed by atoms with E-state index in [0.29, 0.717) is 6.54 Å². The second kappa shape index (κ2) is 11.5. The maximum absolute atomic E-state index is 12.4. The third-order valence-corrected chi connectivity index (χ3v) is 4.18. The third-order valence-electron chi connectivity index (χ3n) is 4.18.